The number of fused-ring (bicyclic) bond motifs is 2. The number of amides is 1. The Morgan fingerprint density at radius 2 is 1.79 bits per heavy atom. The summed E-state index contributed by atoms with van der Waals surface area (Å²) in [6.45, 7) is 7.75. The molecule has 0 unspecified atom stereocenters. The molecule has 0 saturated carbocycles. The minimum Gasteiger partial charge on any atom is -0.456 e. The van der Waals surface area contributed by atoms with Gasteiger partial charge in [0.1, 0.15) is 34.5 Å². The van der Waals surface area contributed by atoms with Gasteiger partial charge in [0.25, 0.3) is 0 Å². The molecular weight excluding hydrogens is 558 g/mol. The van der Waals surface area contributed by atoms with Gasteiger partial charge >= 0.3 is 6.09 Å². The van der Waals surface area contributed by atoms with Crippen molar-refractivity contribution in [2.75, 3.05) is 36.4 Å². The van der Waals surface area contributed by atoms with E-state index in [0.717, 1.165) is 11.0 Å². The zero-order valence-electron chi connectivity index (χ0n) is 23.7. The molecule has 216 valence electrons. The zero-order chi connectivity index (χ0) is 29.4. The van der Waals surface area contributed by atoms with Crippen molar-refractivity contribution in [3.8, 4) is 11.5 Å². The van der Waals surface area contributed by atoms with Crippen LogP contribution in [0.1, 0.15) is 20.8 Å². The highest BCUT2D eigenvalue weighted by atomic mass is 35.5. The second kappa shape index (κ2) is 10.9. The van der Waals surface area contributed by atoms with Crippen molar-refractivity contribution < 1.29 is 14.3 Å². The second-order valence-electron chi connectivity index (χ2n) is 11.0. The van der Waals surface area contributed by atoms with E-state index in [0.29, 0.717) is 71.2 Å². The molecule has 13 heteroatoms. The second-order valence-corrected chi connectivity index (χ2v) is 11.4. The van der Waals surface area contributed by atoms with Gasteiger partial charge in [-0.15, -0.1) is 0 Å². The largest absolute Gasteiger partial charge is 0.456 e. The lowest BCUT2D eigenvalue weighted by Crippen LogP contribution is -2.50. The Kier molecular flexibility index (Phi) is 7.15. The fourth-order valence-corrected chi connectivity index (χ4v) is 4.83. The monoisotopic (exact) mass is 587 g/mol. The van der Waals surface area contributed by atoms with Gasteiger partial charge in [-0.2, -0.15) is 0 Å². The Labute approximate surface area is 247 Å². The van der Waals surface area contributed by atoms with Crippen molar-refractivity contribution in [2.45, 2.75) is 26.4 Å². The molecule has 0 bridgehead atoms. The van der Waals surface area contributed by atoms with Crippen LogP contribution < -0.4 is 15.0 Å². The fraction of sp³-hybridized carbons (Fsp3) is 0.310. The number of aromatic nitrogens is 6. The molecule has 1 fully saturated rings. The Balaban J connectivity index is 1.16. The minimum atomic E-state index is -0.536. The average Bonchev–Trinajstić information content (AvgIpc) is 3.33. The number of carbonyl (C=O) groups is 1. The van der Waals surface area contributed by atoms with Gasteiger partial charge in [-0.05, 0) is 51.1 Å². The number of anilines is 3. The van der Waals surface area contributed by atoms with Gasteiger partial charge in [0.2, 0.25) is 5.95 Å². The topological polar surface area (TPSA) is 123 Å². The molecule has 3 aromatic heterocycles. The van der Waals surface area contributed by atoms with Crippen LogP contribution in [0.3, 0.4) is 0 Å². The maximum atomic E-state index is 12.4. The average molecular weight is 588 g/mol. The van der Waals surface area contributed by atoms with E-state index in [9.17, 15) is 4.79 Å². The van der Waals surface area contributed by atoms with E-state index >= 15 is 0 Å². The number of halogens is 1. The van der Waals surface area contributed by atoms with Gasteiger partial charge in [0.15, 0.2) is 5.82 Å². The minimum absolute atomic E-state index is 0.314. The number of benzene rings is 2. The van der Waals surface area contributed by atoms with Crippen LogP contribution in [0.4, 0.5) is 22.2 Å². The first-order valence-corrected chi connectivity index (χ1v) is 13.9. The predicted molar refractivity (Wildman–Crippen MR) is 161 cm³/mol. The summed E-state index contributed by atoms with van der Waals surface area (Å²) in [6.07, 6.45) is 4.58. The molecule has 0 atom stereocenters. The van der Waals surface area contributed by atoms with Crippen LogP contribution >= 0.6 is 11.6 Å². The number of hydrogen-bond acceptors (Lipinski definition) is 10. The third-order valence-electron chi connectivity index (χ3n) is 6.70. The van der Waals surface area contributed by atoms with Crippen LogP contribution in [0.2, 0.25) is 5.02 Å². The standard InChI is InChI=1S/C29H30ClN9O3/c1-29(2,3)42-28(40)39-11-9-38(10-12-39)27-31-15-22-25(36-27)26(33-16-32-22)35-18-5-8-24(20(30)13-18)41-19-6-7-23-21(14-19)34-17-37(23)4/h5-8,13-17H,9-12H2,1-4H3,(H,32,33,35). The Morgan fingerprint density at radius 3 is 2.55 bits per heavy atom. The molecule has 2 aromatic carbocycles. The van der Waals surface area contributed by atoms with Crippen LogP contribution in [0.25, 0.3) is 22.1 Å². The van der Waals surface area contributed by atoms with E-state index in [4.69, 9.17) is 26.1 Å². The van der Waals surface area contributed by atoms with Crippen LogP contribution in [-0.2, 0) is 11.8 Å². The van der Waals surface area contributed by atoms with Crippen molar-refractivity contribution >= 4 is 57.2 Å². The van der Waals surface area contributed by atoms with Crippen LogP contribution in [-0.4, -0.2) is 72.3 Å². The fourth-order valence-electron chi connectivity index (χ4n) is 4.61. The summed E-state index contributed by atoms with van der Waals surface area (Å²) >= 11 is 6.60. The lowest BCUT2D eigenvalue weighted by Gasteiger charge is -2.35. The van der Waals surface area contributed by atoms with Crippen molar-refractivity contribution in [3.63, 3.8) is 0 Å². The Morgan fingerprint density at radius 1 is 0.976 bits per heavy atom. The van der Waals surface area contributed by atoms with Crippen molar-refractivity contribution in [1.29, 1.82) is 0 Å². The number of carbonyl (C=O) groups excluding carboxylic acids is 1. The zero-order valence-corrected chi connectivity index (χ0v) is 24.5. The molecule has 1 aliphatic rings. The molecule has 1 N–H and O–H groups in total. The summed E-state index contributed by atoms with van der Waals surface area (Å²) in [6, 6.07) is 11.1. The summed E-state index contributed by atoms with van der Waals surface area (Å²) in [5, 5.41) is 3.73. The summed E-state index contributed by atoms with van der Waals surface area (Å²) in [7, 11) is 1.95. The van der Waals surface area contributed by atoms with E-state index in [1.165, 1.54) is 6.33 Å². The van der Waals surface area contributed by atoms with Crippen LogP contribution in [0, 0.1) is 0 Å². The molecule has 5 aromatic rings. The Hall–Kier alpha value is -4.71. The van der Waals surface area contributed by atoms with E-state index < -0.39 is 5.60 Å². The molecule has 42 heavy (non-hydrogen) atoms. The quantitative estimate of drug-likeness (QED) is 0.280. The predicted octanol–water partition coefficient (Wildman–Crippen LogP) is 5.55. The highest BCUT2D eigenvalue weighted by molar-refractivity contribution is 6.32. The molecule has 4 heterocycles. The summed E-state index contributed by atoms with van der Waals surface area (Å²) in [5.74, 6) is 2.21. The molecule has 6 rings (SSSR count). The molecule has 1 saturated heterocycles. The third kappa shape index (κ3) is 5.84. The lowest BCUT2D eigenvalue weighted by atomic mass is 10.2. The highest BCUT2D eigenvalue weighted by Gasteiger charge is 2.27. The first-order valence-electron chi connectivity index (χ1n) is 13.5. The maximum Gasteiger partial charge on any atom is 0.410 e. The molecule has 1 amide bonds. The lowest BCUT2D eigenvalue weighted by molar-refractivity contribution is 0.0240. The van der Waals surface area contributed by atoms with Gasteiger partial charge in [0.05, 0.1) is 28.6 Å². The van der Waals surface area contributed by atoms with Gasteiger partial charge in [-0.3, -0.25) is 0 Å². The van der Waals surface area contributed by atoms with Gasteiger partial charge in [0, 0.05) is 45.0 Å². The number of imidazole rings is 1. The van der Waals surface area contributed by atoms with Crippen molar-refractivity contribution in [2.24, 2.45) is 7.05 Å². The van der Waals surface area contributed by atoms with Gasteiger partial charge in [-0.25, -0.2) is 29.7 Å². The van der Waals surface area contributed by atoms with Crippen LogP contribution in [0.5, 0.6) is 11.5 Å². The van der Waals surface area contributed by atoms with E-state index in [1.807, 2.05) is 61.6 Å². The van der Waals surface area contributed by atoms with Gasteiger partial charge in [-0.1, -0.05) is 11.6 Å². The third-order valence-corrected chi connectivity index (χ3v) is 6.99. The number of nitrogens with zero attached hydrogens (tertiary/aromatic N) is 8. The first kappa shape index (κ1) is 27.5. The smallest absolute Gasteiger partial charge is 0.410 e. The number of hydrogen-bond donors (Lipinski definition) is 1. The summed E-state index contributed by atoms with van der Waals surface area (Å²) in [4.78, 5) is 38.6. The first-order chi connectivity index (χ1) is 20.1. The Bertz CT molecular complexity index is 1780. The number of nitrogens with one attached hydrogen (secondary N) is 1. The molecule has 0 spiro atoms. The van der Waals surface area contributed by atoms with E-state index in [1.54, 1.807) is 29.6 Å². The normalized spacial score (nSPS) is 13.9. The number of ether oxygens (including phenoxy) is 2. The number of aryl methyl sites for hydroxylation is 1. The molecular formula is C29H30ClN9O3. The van der Waals surface area contributed by atoms with Crippen molar-refractivity contribution in [3.05, 3.63) is 60.3 Å². The van der Waals surface area contributed by atoms with Gasteiger partial charge < -0.3 is 29.2 Å². The number of rotatable bonds is 5. The molecule has 0 radical (unpaired) electrons. The summed E-state index contributed by atoms with van der Waals surface area (Å²) in [5.41, 5.74) is 3.19. The number of piperazine rings is 1. The van der Waals surface area contributed by atoms with E-state index in [2.05, 4.69) is 25.3 Å². The molecule has 0 aliphatic carbocycles. The molecule has 1 aliphatic heterocycles. The van der Waals surface area contributed by atoms with E-state index in [-0.39, 0.29) is 6.09 Å². The molecule has 12 nitrogen and oxygen atoms in total. The summed E-state index contributed by atoms with van der Waals surface area (Å²) < 4.78 is 13.5. The highest BCUT2D eigenvalue weighted by Crippen LogP contribution is 2.34. The maximum absolute atomic E-state index is 12.4. The van der Waals surface area contributed by atoms with Crippen molar-refractivity contribution in [1.82, 2.24) is 34.4 Å². The van der Waals surface area contributed by atoms with Crippen LogP contribution in [0.15, 0.2) is 55.2 Å². The SMILES string of the molecule is Cn1cnc2cc(Oc3ccc(Nc4ncnc5cnc(N6CCN(C(=O)OC(C)(C)C)CC6)nc45)cc3Cl)ccc21.